The number of unbranched alkanes of at least 4 members (excludes halogenated alkanes) is 8. The Labute approximate surface area is 362 Å². The second kappa shape index (κ2) is 30.9. The van der Waals surface area contributed by atoms with Gasteiger partial charge in [0.15, 0.2) is 13.2 Å². The number of hydrogen-bond donors (Lipinski definition) is 0. The fourth-order valence-electron chi connectivity index (χ4n) is 7.06. The van der Waals surface area contributed by atoms with E-state index in [9.17, 15) is 10.0 Å². The van der Waals surface area contributed by atoms with Gasteiger partial charge in [0.1, 0.15) is 0 Å². The molecule has 0 N–H and O–H groups in total. The van der Waals surface area contributed by atoms with Crippen molar-refractivity contribution in [1.29, 1.82) is 0 Å². The number of allylic oxidation sites excluding steroid dienone is 2. The van der Waals surface area contributed by atoms with Gasteiger partial charge in [-0.3, -0.25) is 9.68 Å². The average Bonchev–Trinajstić information content (AvgIpc) is 3.29. The van der Waals surface area contributed by atoms with E-state index in [1.165, 1.54) is 68.1 Å². The van der Waals surface area contributed by atoms with Crippen LogP contribution >= 0.6 is 0 Å². The molecule has 0 atom stereocenters. The monoisotopic (exact) mass is 813 g/mol. The molecule has 0 radical (unpaired) electrons. The molecular weight excluding hydrogens is 743 g/mol. The molecule has 0 fully saturated rings. The molecule has 60 heavy (non-hydrogen) atoms. The zero-order valence-corrected chi connectivity index (χ0v) is 36.7. The highest BCUT2D eigenvalue weighted by atomic mass is 16.7. The van der Waals surface area contributed by atoms with Crippen molar-refractivity contribution in [1.82, 2.24) is 0 Å². The number of pyridine rings is 2. The molecule has 5 rings (SSSR count). The van der Waals surface area contributed by atoms with Crippen molar-refractivity contribution < 1.29 is 33.8 Å². The van der Waals surface area contributed by atoms with Gasteiger partial charge in [-0.1, -0.05) is 156 Å². The van der Waals surface area contributed by atoms with Crippen LogP contribution < -0.4 is 29.2 Å². The fourth-order valence-corrected chi connectivity index (χ4v) is 7.06. The number of rotatable bonds is 24. The normalized spacial score (nSPS) is 11.1. The first kappa shape index (κ1) is 49.3. The Bertz CT molecular complexity index is 1690. The summed E-state index contributed by atoms with van der Waals surface area (Å²) in [5.41, 5.74) is 5.37. The minimum absolute atomic E-state index is 0.159. The van der Waals surface area contributed by atoms with E-state index in [2.05, 4.69) is 86.7 Å². The number of aromatic nitrogens is 2. The highest BCUT2D eigenvalue weighted by Crippen LogP contribution is 2.43. The lowest BCUT2D eigenvalue weighted by atomic mass is 9.67. The summed E-state index contributed by atoms with van der Waals surface area (Å²) < 4.78 is 8.38. The Kier molecular flexibility index (Phi) is 25.4. The van der Waals surface area contributed by atoms with E-state index in [0.29, 0.717) is 19.6 Å². The van der Waals surface area contributed by atoms with Crippen LogP contribution in [0.25, 0.3) is 12.2 Å². The third kappa shape index (κ3) is 18.1. The predicted octanol–water partition coefficient (Wildman–Crippen LogP) is 9.34. The van der Waals surface area contributed by atoms with Gasteiger partial charge >= 0.3 is 0 Å². The van der Waals surface area contributed by atoms with E-state index in [-0.39, 0.29) is 12.0 Å². The van der Waals surface area contributed by atoms with Crippen LogP contribution in [0.3, 0.4) is 0 Å². The van der Waals surface area contributed by atoms with Crippen LogP contribution in [0, 0.1) is 0 Å². The molecule has 0 aliphatic rings. The van der Waals surface area contributed by atoms with Crippen LogP contribution in [0.1, 0.15) is 133 Å². The first-order valence-electron chi connectivity index (χ1n) is 22.2. The van der Waals surface area contributed by atoms with E-state index in [1.807, 2.05) is 115 Å². The highest BCUT2D eigenvalue weighted by molar-refractivity contribution is 6.28. The van der Waals surface area contributed by atoms with Gasteiger partial charge in [-0.25, -0.2) is 0 Å². The maximum atomic E-state index is 10.7. The van der Waals surface area contributed by atoms with Gasteiger partial charge in [-0.2, -0.15) is 0 Å². The molecule has 0 aliphatic carbocycles. The van der Waals surface area contributed by atoms with Crippen molar-refractivity contribution in [3.05, 3.63) is 180 Å². The van der Waals surface area contributed by atoms with E-state index < -0.39 is 7.32 Å². The Morgan fingerprint density at radius 3 is 1.27 bits per heavy atom. The third-order valence-electron chi connectivity index (χ3n) is 10.0. The van der Waals surface area contributed by atoms with Crippen LogP contribution in [0.15, 0.2) is 152 Å². The van der Waals surface area contributed by atoms with Crippen molar-refractivity contribution in [3.63, 3.8) is 0 Å². The molecule has 8 heteroatoms. The van der Waals surface area contributed by atoms with Crippen LogP contribution in [-0.2, 0) is 10.1 Å². The summed E-state index contributed by atoms with van der Waals surface area (Å²) in [6, 6.07) is 43.2. The minimum atomic E-state index is -2.23. The topological polar surface area (TPSA) is 81.6 Å². The van der Waals surface area contributed by atoms with Gasteiger partial charge in [0.25, 0.3) is 11.4 Å². The van der Waals surface area contributed by atoms with Crippen LogP contribution in [-0.4, -0.2) is 27.1 Å². The Hall–Kier alpha value is -5.02. The third-order valence-corrected chi connectivity index (χ3v) is 10.0. The van der Waals surface area contributed by atoms with E-state index in [1.54, 1.807) is 0 Å². The molecule has 2 aromatic heterocycles. The molecule has 0 amide bonds. The molecule has 0 unspecified atom stereocenters. The molecule has 2 heterocycles. The second-order valence-corrected chi connectivity index (χ2v) is 14.5. The Morgan fingerprint density at radius 1 is 0.500 bits per heavy atom. The fraction of sp³-hybridized carbons (Fsp3) is 0.385. The standard InChI is InChI=1S/C22H21BO3.2C15H24NO/c24-23(25)26-18-10-17-22(19-11-4-1-5-12-19,20-13-6-2-7-14-20)21-15-8-3-9-16-21;2*1-3-5-6-7-8-9-12-15-13-10-11-14-16(15)17-4-2/h1-9,11-16H,10,17-18H2;2*9-14H,3-8H2,1-2H3/q-2;2*+1. The second-order valence-electron chi connectivity index (χ2n) is 14.5. The van der Waals surface area contributed by atoms with Crippen LogP contribution in [0.4, 0.5) is 0 Å². The Morgan fingerprint density at radius 2 is 0.900 bits per heavy atom. The van der Waals surface area contributed by atoms with Crippen molar-refractivity contribution in [2.24, 2.45) is 0 Å². The molecular formula is C52H69BN2O5. The lowest BCUT2D eigenvalue weighted by Gasteiger charge is -2.37. The van der Waals surface area contributed by atoms with Crippen molar-refractivity contribution in [2.45, 2.75) is 110 Å². The predicted molar refractivity (Wildman–Crippen MR) is 243 cm³/mol. The zero-order chi connectivity index (χ0) is 42.9. The zero-order valence-electron chi connectivity index (χ0n) is 36.7. The quantitative estimate of drug-likeness (QED) is 0.0269. The van der Waals surface area contributed by atoms with Crippen LogP contribution in [0.2, 0.25) is 0 Å². The molecule has 7 nitrogen and oxygen atoms in total. The van der Waals surface area contributed by atoms with Gasteiger partial charge in [0.2, 0.25) is 12.4 Å². The average molecular weight is 813 g/mol. The lowest BCUT2D eigenvalue weighted by Crippen LogP contribution is -2.48. The molecule has 5 aromatic rings. The lowest BCUT2D eigenvalue weighted by molar-refractivity contribution is -0.892. The van der Waals surface area contributed by atoms with Gasteiger partial charge < -0.3 is 14.7 Å². The SMILES string of the molecule is CCCCCCC=Cc1cccc[n+]1OCC.CCCCCCC=Cc1cccc[n+]1OCC.[O-]B([O-])OCCCC(c1ccccc1)(c1ccccc1)c1ccccc1. The molecule has 0 saturated carbocycles. The summed E-state index contributed by atoms with van der Waals surface area (Å²) in [5, 5.41) is 21.4. The summed E-state index contributed by atoms with van der Waals surface area (Å²) in [5.74, 6) is 0. The van der Waals surface area contributed by atoms with Gasteiger partial charge in [-0.15, -0.1) is 0 Å². The van der Waals surface area contributed by atoms with Crippen LogP contribution in [0.5, 0.6) is 0 Å². The van der Waals surface area contributed by atoms with Crippen molar-refractivity contribution in [3.8, 4) is 0 Å². The molecule has 3 aromatic carbocycles. The molecule has 0 saturated heterocycles. The summed E-state index contributed by atoms with van der Waals surface area (Å²) in [6.07, 6.45) is 26.8. The largest absolute Gasteiger partial charge is 0.871 e. The molecule has 320 valence electrons. The number of hydrogen-bond acceptors (Lipinski definition) is 5. The van der Waals surface area contributed by atoms with Gasteiger partial charge in [0, 0.05) is 57.9 Å². The van der Waals surface area contributed by atoms with E-state index in [4.69, 9.17) is 14.3 Å². The summed E-state index contributed by atoms with van der Waals surface area (Å²) in [6.45, 7) is 10.0. The maximum absolute atomic E-state index is 10.7. The molecule has 0 bridgehead atoms. The summed E-state index contributed by atoms with van der Waals surface area (Å²) >= 11 is 0. The smallest absolute Gasteiger partial charge is 0.257 e. The number of benzene rings is 3. The Balaban J connectivity index is 0.000000250. The first-order valence-corrected chi connectivity index (χ1v) is 22.2. The molecule has 0 spiro atoms. The molecule has 0 aliphatic heterocycles. The van der Waals surface area contributed by atoms with E-state index in [0.717, 1.165) is 30.7 Å². The van der Waals surface area contributed by atoms with E-state index >= 15 is 0 Å². The number of nitrogens with zero attached hydrogens (tertiary/aromatic N) is 2. The van der Waals surface area contributed by atoms with Gasteiger partial charge in [0.05, 0.1) is 7.32 Å². The summed E-state index contributed by atoms with van der Waals surface area (Å²) in [4.78, 5) is 11.0. The summed E-state index contributed by atoms with van der Waals surface area (Å²) in [7, 11) is -2.23. The minimum Gasteiger partial charge on any atom is -0.871 e. The van der Waals surface area contributed by atoms with Crippen molar-refractivity contribution in [2.75, 3.05) is 19.8 Å². The van der Waals surface area contributed by atoms with Crippen molar-refractivity contribution >= 4 is 19.5 Å². The maximum Gasteiger partial charge on any atom is 0.257 e. The first-order chi connectivity index (χ1) is 29.5. The van der Waals surface area contributed by atoms with Gasteiger partial charge in [-0.05, 0) is 81.2 Å². The highest BCUT2D eigenvalue weighted by Gasteiger charge is 2.35.